The molecule has 0 saturated carbocycles. The molecule has 1 aliphatic heterocycles. The van der Waals surface area contributed by atoms with Crippen LogP contribution in [0.15, 0.2) is 23.2 Å². The Morgan fingerprint density at radius 1 is 1.40 bits per heavy atom. The van der Waals surface area contributed by atoms with Gasteiger partial charge in [-0.15, -0.1) is 0 Å². The minimum atomic E-state index is 0.0470. The molecule has 0 atom stereocenters. The summed E-state index contributed by atoms with van der Waals surface area (Å²) in [7, 11) is 1.59. The topological polar surface area (TPSA) is 38.7 Å². The van der Waals surface area contributed by atoms with Gasteiger partial charge in [-0.3, -0.25) is 4.79 Å². The van der Waals surface area contributed by atoms with E-state index in [9.17, 15) is 4.79 Å². The van der Waals surface area contributed by atoms with Crippen molar-refractivity contribution in [2.45, 2.75) is 19.8 Å². The van der Waals surface area contributed by atoms with E-state index >= 15 is 0 Å². The van der Waals surface area contributed by atoms with Gasteiger partial charge in [0.1, 0.15) is 5.75 Å². The van der Waals surface area contributed by atoms with Gasteiger partial charge in [-0.1, -0.05) is 13.3 Å². The van der Waals surface area contributed by atoms with Crippen LogP contribution in [-0.2, 0) is 0 Å². The highest BCUT2D eigenvalue weighted by Crippen LogP contribution is 2.30. The number of methoxy groups -OCH3 is 1. The van der Waals surface area contributed by atoms with E-state index in [0.29, 0.717) is 17.0 Å². The van der Waals surface area contributed by atoms with Crippen LogP contribution in [-0.4, -0.2) is 18.6 Å². The molecule has 0 radical (unpaired) electrons. The second-order valence-corrected chi connectivity index (χ2v) is 3.52. The van der Waals surface area contributed by atoms with Crippen molar-refractivity contribution in [2.24, 2.45) is 4.99 Å². The lowest BCUT2D eigenvalue weighted by Gasteiger charge is -2.00. The van der Waals surface area contributed by atoms with Crippen molar-refractivity contribution in [1.29, 1.82) is 0 Å². The predicted molar refractivity (Wildman–Crippen MR) is 59.3 cm³/mol. The number of hydrogen-bond donors (Lipinski definition) is 0. The van der Waals surface area contributed by atoms with Gasteiger partial charge in [0.2, 0.25) is 5.78 Å². The maximum atomic E-state index is 11.9. The lowest BCUT2D eigenvalue weighted by molar-refractivity contribution is 0.106. The summed E-state index contributed by atoms with van der Waals surface area (Å²) < 4.78 is 5.08. The Morgan fingerprint density at radius 3 is 2.87 bits per heavy atom. The van der Waals surface area contributed by atoms with E-state index in [4.69, 9.17) is 4.74 Å². The van der Waals surface area contributed by atoms with Crippen LogP contribution in [0, 0.1) is 0 Å². The molecule has 0 aromatic heterocycles. The summed E-state index contributed by atoms with van der Waals surface area (Å²) in [5, 5.41) is 0. The van der Waals surface area contributed by atoms with Gasteiger partial charge >= 0.3 is 0 Å². The molecular weight excluding hydrogens is 190 g/mol. The van der Waals surface area contributed by atoms with Crippen molar-refractivity contribution in [3.8, 4) is 5.75 Å². The number of rotatable bonds is 3. The Morgan fingerprint density at radius 2 is 2.20 bits per heavy atom. The summed E-state index contributed by atoms with van der Waals surface area (Å²) in [5.41, 5.74) is 2.10. The van der Waals surface area contributed by atoms with Gasteiger partial charge in [0.25, 0.3) is 0 Å². The number of ketones is 1. The first-order chi connectivity index (χ1) is 7.26. The molecule has 15 heavy (non-hydrogen) atoms. The maximum absolute atomic E-state index is 11.9. The molecule has 0 unspecified atom stereocenters. The Labute approximate surface area is 88.8 Å². The standard InChI is InChI=1S/C12H13NO2/c1-3-4-11-12(14)9-7-8(15-2)5-6-10(9)13-11/h5-7H,3-4H2,1-2H3. The lowest BCUT2D eigenvalue weighted by Crippen LogP contribution is -2.08. The summed E-state index contributed by atoms with van der Waals surface area (Å²) in [6.45, 7) is 2.04. The fourth-order valence-electron chi connectivity index (χ4n) is 1.68. The number of aliphatic imine (C=N–C) groups is 1. The molecule has 0 saturated heterocycles. The molecule has 3 heteroatoms. The van der Waals surface area contributed by atoms with Crippen LogP contribution in [0.25, 0.3) is 0 Å². The third-order valence-corrected chi connectivity index (χ3v) is 2.45. The van der Waals surface area contributed by atoms with Crippen molar-refractivity contribution in [3.63, 3.8) is 0 Å². The fourth-order valence-corrected chi connectivity index (χ4v) is 1.68. The normalized spacial score (nSPS) is 13.7. The van der Waals surface area contributed by atoms with Crippen molar-refractivity contribution in [3.05, 3.63) is 23.8 Å². The van der Waals surface area contributed by atoms with Crippen LogP contribution >= 0.6 is 0 Å². The zero-order valence-corrected chi connectivity index (χ0v) is 8.91. The number of ether oxygens (including phenoxy) is 1. The van der Waals surface area contributed by atoms with Crippen LogP contribution in [0.1, 0.15) is 30.1 Å². The third kappa shape index (κ3) is 1.65. The highest BCUT2D eigenvalue weighted by Gasteiger charge is 2.23. The van der Waals surface area contributed by atoms with Crippen LogP contribution in [0.2, 0.25) is 0 Å². The average molecular weight is 203 g/mol. The van der Waals surface area contributed by atoms with Crippen molar-refractivity contribution >= 4 is 17.2 Å². The van der Waals surface area contributed by atoms with Crippen molar-refractivity contribution in [1.82, 2.24) is 0 Å². The van der Waals surface area contributed by atoms with Crippen LogP contribution in [0.5, 0.6) is 5.75 Å². The molecule has 2 rings (SSSR count). The third-order valence-electron chi connectivity index (χ3n) is 2.45. The number of carbonyl (C=O) groups is 1. The molecule has 3 nitrogen and oxygen atoms in total. The smallest absolute Gasteiger partial charge is 0.209 e. The second kappa shape index (κ2) is 3.85. The van der Waals surface area contributed by atoms with Crippen molar-refractivity contribution in [2.75, 3.05) is 7.11 Å². The van der Waals surface area contributed by atoms with E-state index in [0.717, 1.165) is 18.5 Å². The van der Waals surface area contributed by atoms with Gasteiger partial charge in [0, 0.05) is 0 Å². The minimum absolute atomic E-state index is 0.0470. The number of benzene rings is 1. The largest absolute Gasteiger partial charge is 0.497 e. The fraction of sp³-hybridized carbons (Fsp3) is 0.333. The lowest BCUT2D eigenvalue weighted by atomic mass is 10.1. The van der Waals surface area contributed by atoms with E-state index in [-0.39, 0.29) is 5.78 Å². The Balaban J connectivity index is 2.37. The number of hydrogen-bond acceptors (Lipinski definition) is 3. The van der Waals surface area contributed by atoms with Gasteiger partial charge in [-0.05, 0) is 24.6 Å². The summed E-state index contributed by atoms with van der Waals surface area (Å²) in [6, 6.07) is 5.41. The van der Waals surface area contributed by atoms with E-state index in [1.165, 1.54) is 0 Å². The first-order valence-electron chi connectivity index (χ1n) is 5.06. The number of nitrogens with zero attached hydrogens (tertiary/aromatic N) is 1. The van der Waals surface area contributed by atoms with Gasteiger partial charge in [-0.2, -0.15) is 0 Å². The summed E-state index contributed by atoms with van der Waals surface area (Å²) in [5.74, 6) is 0.751. The first kappa shape index (κ1) is 9.90. The quantitative estimate of drug-likeness (QED) is 0.757. The molecule has 1 aromatic rings. The van der Waals surface area contributed by atoms with Gasteiger partial charge in [0.05, 0.1) is 24.1 Å². The zero-order valence-electron chi connectivity index (χ0n) is 8.91. The number of fused-ring (bicyclic) bond motifs is 1. The van der Waals surface area contributed by atoms with E-state index in [2.05, 4.69) is 4.99 Å². The van der Waals surface area contributed by atoms with Gasteiger partial charge < -0.3 is 4.74 Å². The number of carbonyl (C=O) groups excluding carboxylic acids is 1. The molecule has 1 aliphatic rings. The summed E-state index contributed by atoms with van der Waals surface area (Å²) >= 11 is 0. The van der Waals surface area contributed by atoms with E-state index in [1.807, 2.05) is 19.1 Å². The predicted octanol–water partition coefficient (Wildman–Crippen LogP) is 2.76. The molecule has 1 aromatic carbocycles. The highest BCUT2D eigenvalue weighted by atomic mass is 16.5. The second-order valence-electron chi connectivity index (χ2n) is 3.52. The van der Waals surface area contributed by atoms with E-state index in [1.54, 1.807) is 13.2 Å². The zero-order chi connectivity index (χ0) is 10.8. The Kier molecular flexibility index (Phi) is 2.54. The first-order valence-corrected chi connectivity index (χ1v) is 5.06. The molecule has 0 bridgehead atoms. The SMILES string of the molecule is CCCC1=Nc2ccc(OC)cc2C1=O. The maximum Gasteiger partial charge on any atom is 0.209 e. The molecule has 0 N–H and O–H groups in total. The molecule has 1 heterocycles. The van der Waals surface area contributed by atoms with E-state index < -0.39 is 0 Å². The van der Waals surface area contributed by atoms with Crippen LogP contribution in [0.3, 0.4) is 0 Å². The molecule has 0 amide bonds. The summed E-state index contributed by atoms with van der Waals surface area (Å²) in [6.07, 6.45) is 1.69. The van der Waals surface area contributed by atoms with Crippen molar-refractivity contribution < 1.29 is 9.53 Å². The molecule has 0 aliphatic carbocycles. The summed E-state index contributed by atoms with van der Waals surface area (Å²) in [4.78, 5) is 16.2. The monoisotopic (exact) mass is 203 g/mol. The molecule has 0 fully saturated rings. The minimum Gasteiger partial charge on any atom is -0.497 e. The average Bonchev–Trinajstić information content (AvgIpc) is 2.56. The van der Waals surface area contributed by atoms with Gasteiger partial charge in [0.15, 0.2) is 0 Å². The van der Waals surface area contributed by atoms with Crippen LogP contribution in [0.4, 0.5) is 5.69 Å². The number of Topliss-reactive ketones (excluding diaryl/α,β-unsaturated/α-hetero) is 1. The molecular formula is C12H13NO2. The Hall–Kier alpha value is -1.64. The molecule has 0 spiro atoms. The molecule has 78 valence electrons. The Bertz CT molecular complexity index is 435. The highest BCUT2D eigenvalue weighted by molar-refractivity contribution is 6.49. The van der Waals surface area contributed by atoms with Gasteiger partial charge in [-0.25, -0.2) is 4.99 Å². The van der Waals surface area contributed by atoms with Crippen LogP contribution < -0.4 is 4.74 Å².